The topological polar surface area (TPSA) is 134 Å². The summed E-state index contributed by atoms with van der Waals surface area (Å²) >= 11 is 5.82. The number of amides is 1. The Morgan fingerprint density at radius 3 is 2.62 bits per heavy atom. The lowest BCUT2D eigenvalue weighted by molar-refractivity contribution is 0.0506. The number of nitrogens with zero attached hydrogens (tertiary/aromatic N) is 3. The van der Waals surface area contributed by atoms with E-state index in [2.05, 4.69) is 20.6 Å². The second kappa shape index (κ2) is 9.00. The highest BCUT2D eigenvalue weighted by Gasteiger charge is 2.20. The first-order valence-corrected chi connectivity index (χ1v) is 10.2. The molecule has 26 heavy (non-hydrogen) atoms. The van der Waals surface area contributed by atoms with E-state index in [1.165, 1.54) is 6.20 Å². The number of aromatic nitrogens is 2. The van der Waals surface area contributed by atoms with Gasteiger partial charge in [-0.1, -0.05) is 11.6 Å². The first kappa shape index (κ1) is 21.9. The van der Waals surface area contributed by atoms with E-state index in [-0.39, 0.29) is 29.6 Å². The first-order chi connectivity index (χ1) is 11.9. The molecule has 144 valence electrons. The number of hydrogen-bond donors (Lipinski definition) is 2. The average molecular weight is 404 g/mol. The largest absolute Gasteiger partial charge is 0.444 e. The molecular weight excluding hydrogens is 382 g/mol. The van der Waals surface area contributed by atoms with E-state index in [0.29, 0.717) is 5.82 Å². The maximum absolute atomic E-state index is 11.9. The third kappa shape index (κ3) is 8.82. The summed E-state index contributed by atoms with van der Waals surface area (Å²) in [4.78, 5) is 19.8. The van der Waals surface area contributed by atoms with Crippen LogP contribution >= 0.6 is 11.6 Å². The first-order valence-electron chi connectivity index (χ1n) is 7.73. The molecule has 0 bridgehead atoms. The van der Waals surface area contributed by atoms with Crippen LogP contribution in [0.5, 0.6) is 0 Å². The van der Waals surface area contributed by atoms with Crippen LogP contribution < -0.4 is 10.6 Å². The van der Waals surface area contributed by atoms with Gasteiger partial charge in [0.15, 0.2) is 10.8 Å². The van der Waals surface area contributed by atoms with Crippen molar-refractivity contribution in [1.29, 1.82) is 5.26 Å². The zero-order chi connectivity index (χ0) is 20.0. The van der Waals surface area contributed by atoms with E-state index in [1.807, 2.05) is 0 Å². The Hall–Kier alpha value is -2.12. The lowest BCUT2D eigenvalue weighted by atomic mass is 10.2. The minimum absolute atomic E-state index is 0.00211. The van der Waals surface area contributed by atoms with Crippen molar-refractivity contribution >= 4 is 33.3 Å². The zero-order valence-electron chi connectivity index (χ0n) is 15.0. The van der Waals surface area contributed by atoms with Gasteiger partial charge in [-0.2, -0.15) is 5.26 Å². The van der Waals surface area contributed by atoms with Gasteiger partial charge in [0, 0.05) is 12.8 Å². The molecule has 1 aromatic heterocycles. The van der Waals surface area contributed by atoms with Crippen molar-refractivity contribution in [2.45, 2.75) is 38.8 Å². The minimum atomic E-state index is -3.19. The van der Waals surface area contributed by atoms with Gasteiger partial charge in [-0.05, 0) is 27.2 Å². The van der Waals surface area contributed by atoms with Gasteiger partial charge in [-0.15, -0.1) is 0 Å². The molecule has 0 fully saturated rings. The Bertz CT molecular complexity index is 786. The van der Waals surface area contributed by atoms with Gasteiger partial charge in [-0.25, -0.2) is 23.2 Å². The second-order valence-corrected chi connectivity index (χ2v) is 9.27. The summed E-state index contributed by atoms with van der Waals surface area (Å²) < 4.78 is 28.0. The van der Waals surface area contributed by atoms with E-state index < -0.39 is 27.6 Å². The van der Waals surface area contributed by atoms with Crippen molar-refractivity contribution in [3.63, 3.8) is 0 Å². The number of halogens is 1. The van der Waals surface area contributed by atoms with E-state index in [9.17, 15) is 13.2 Å². The summed E-state index contributed by atoms with van der Waals surface area (Å²) in [5, 5.41) is 14.3. The van der Waals surface area contributed by atoms with Gasteiger partial charge in [0.05, 0.1) is 18.0 Å². The van der Waals surface area contributed by atoms with Crippen molar-refractivity contribution in [1.82, 2.24) is 15.3 Å². The number of sulfone groups is 1. The van der Waals surface area contributed by atoms with Crippen molar-refractivity contribution in [2.24, 2.45) is 0 Å². The fourth-order valence-corrected chi connectivity index (χ4v) is 2.71. The zero-order valence-corrected chi connectivity index (χ0v) is 16.6. The number of hydrogen-bond acceptors (Lipinski definition) is 8. The minimum Gasteiger partial charge on any atom is -0.444 e. The van der Waals surface area contributed by atoms with Gasteiger partial charge in [-0.3, -0.25) is 0 Å². The molecule has 0 saturated heterocycles. The molecule has 1 unspecified atom stereocenters. The van der Waals surface area contributed by atoms with Gasteiger partial charge in [0.1, 0.15) is 27.3 Å². The molecular formula is C15H22ClN5O4S. The van der Waals surface area contributed by atoms with Crippen molar-refractivity contribution in [3.8, 4) is 6.07 Å². The Labute approximate surface area is 158 Å². The lowest BCUT2D eigenvalue weighted by Crippen LogP contribution is -2.43. The predicted octanol–water partition coefficient (Wildman–Crippen LogP) is 1.74. The fraction of sp³-hybridized carbons (Fsp3) is 0.600. The molecule has 0 aliphatic heterocycles. The molecule has 0 saturated carbocycles. The van der Waals surface area contributed by atoms with Crippen LogP contribution in [0.1, 0.15) is 32.9 Å². The highest BCUT2D eigenvalue weighted by Crippen LogP contribution is 2.13. The van der Waals surface area contributed by atoms with E-state index in [1.54, 1.807) is 26.8 Å². The SMILES string of the molecule is CC(C)(C)OC(=O)NC(CCS(C)(=O)=O)CNc1cnc(C#N)c(Cl)n1. The molecule has 0 aliphatic rings. The van der Waals surface area contributed by atoms with Crippen LogP contribution in [-0.4, -0.2) is 54.7 Å². The maximum Gasteiger partial charge on any atom is 0.407 e. The normalized spacial score (nSPS) is 12.8. The molecule has 1 amide bonds. The Kier molecular flexibility index (Phi) is 7.59. The standard InChI is InChI=1S/C15H22ClN5O4S/c1-15(2,3)25-14(22)20-10(5-6-26(4,23)24)8-19-12-9-18-11(7-17)13(16)21-12/h9-10H,5-6,8H2,1-4H3,(H,19,21)(H,20,22). The summed E-state index contributed by atoms with van der Waals surface area (Å²) in [5.74, 6) is 0.193. The van der Waals surface area contributed by atoms with Crippen LogP contribution in [0, 0.1) is 11.3 Å². The van der Waals surface area contributed by atoms with Crippen LogP contribution in [0.3, 0.4) is 0 Å². The van der Waals surface area contributed by atoms with Gasteiger partial charge < -0.3 is 15.4 Å². The van der Waals surface area contributed by atoms with Gasteiger partial charge >= 0.3 is 6.09 Å². The molecule has 1 rings (SSSR count). The highest BCUT2D eigenvalue weighted by atomic mass is 35.5. The number of rotatable bonds is 7. The Balaban J connectivity index is 2.76. The quantitative estimate of drug-likeness (QED) is 0.702. The summed E-state index contributed by atoms with van der Waals surface area (Å²) in [7, 11) is -3.19. The number of nitrogens with one attached hydrogen (secondary N) is 2. The van der Waals surface area contributed by atoms with E-state index >= 15 is 0 Å². The predicted molar refractivity (Wildman–Crippen MR) is 97.7 cm³/mol. The number of anilines is 1. The summed E-state index contributed by atoms with van der Waals surface area (Å²) in [6.45, 7) is 5.35. The molecule has 11 heteroatoms. The number of ether oxygens (including phenoxy) is 1. The molecule has 1 heterocycles. The molecule has 2 N–H and O–H groups in total. The number of nitriles is 1. The van der Waals surface area contributed by atoms with Crippen molar-refractivity contribution in [2.75, 3.05) is 23.9 Å². The van der Waals surface area contributed by atoms with Crippen LogP contribution in [0.2, 0.25) is 5.15 Å². The third-order valence-electron chi connectivity index (χ3n) is 2.92. The summed E-state index contributed by atoms with van der Waals surface area (Å²) in [5.41, 5.74) is -0.678. The molecule has 0 spiro atoms. The molecule has 0 aliphatic carbocycles. The number of alkyl carbamates (subject to hydrolysis) is 1. The number of carbonyl (C=O) groups excluding carboxylic acids is 1. The molecule has 0 aromatic carbocycles. The Morgan fingerprint density at radius 2 is 2.12 bits per heavy atom. The molecule has 0 radical (unpaired) electrons. The number of carbonyl (C=O) groups is 1. The lowest BCUT2D eigenvalue weighted by Gasteiger charge is -2.24. The monoisotopic (exact) mass is 403 g/mol. The van der Waals surface area contributed by atoms with Crippen molar-refractivity contribution in [3.05, 3.63) is 17.0 Å². The summed E-state index contributed by atoms with van der Waals surface area (Å²) in [6, 6.07) is 1.27. The van der Waals surface area contributed by atoms with Crippen LogP contribution in [0.25, 0.3) is 0 Å². The summed E-state index contributed by atoms with van der Waals surface area (Å²) in [6.07, 6.45) is 1.98. The van der Waals surface area contributed by atoms with Crippen LogP contribution in [-0.2, 0) is 14.6 Å². The highest BCUT2D eigenvalue weighted by molar-refractivity contribution is 7.90. The fourth-order valence-electron chi connectivity index (χ4n) is 1.81. The molecule has 1 atom stereocenters. The third-order valence-corrected chi connectivity index (χ3v) is 4.16. The van der Waals surface area contributed by atoms with Crippen LogP contribution in [0.4, 0.5) is 10.6 Å². The van der Waals surface area contributed by atoms with Gasteiger partial charge in [0.25, 0.3) is 0 Å². The smallest absolute Gasteiger partial charge is 0.407 e. The van der Waals surface area contributed by atoms with E-state index in [0.717, 1.165) is 6.26 Å². The molecule has 1 aromatic rings. The molecule has 9 nitrogen and oxygen atoms in total. The van der Waals surface area contributed by atoms with Crippen LogP contribution in [0.15, 0.2) is 6.20 Å². The van der Waals surface area contributed by atoms with Crippen molar-refractivity contribution < 1.29 is 17.9 Å². The maximum atomic E-state index is 11.9. The van der Waals surface area contributed by atoms with Gasteiger partial charge in [0.2, 0.25) is 0 Å². The van der Waals surface area contributed by atoms with E-state index in [4.69, 9.17) is 21.6 Å². The Morgan fingerprint density at radius 1 is 1.46 bits per heavy atom. The average Bonchev–Trinajstić information content (AvgIpc) is 2.47. The second-order valence-electron chi connectivity index (χ2n) is 6.65.